The van der Waals surface area contributed by atoms with Gasteiger partial charge in [0.05, 0.1) is 11.8 Å². The van der Waals surface area contributed by atoms with Gasteiger partial charge in [-0.15, -0.1) is 5.10 Å². The lowest BCUT2D eigenvalue weighted by Gasteiger charge is -2.07. The van der Waals surface area contributed by atoms with Gasteiger partial charge in [-0.25, -0.2) is 0 Å². The minimum Gasteiger partial charge on any atom is -0.378 e. The highest BCUT2D eigenvalue weighted by Gasteiger charge is 2.14. The summed E-state index contributed by atoms with van der Waals surface area (Å²) in [6.07, 6.45) is 8.21. The Balaban J connectivity index is 1.67. The quantitative estimate of drug-likeness (QED) is 0.753. The van der Waals surface area contributed by atoms with Crippen LogP contribution in [0.4, 0.5) is 0 Å². The molecule has 1 unspecified atom stereocenters. The van der Waals surface area contributed by atoms with Crippen molar-refractivity contribution in [3.05, 3.63) is 11.9 Å². The molecule has 16 heavy (non-hydrogen) atoms. The number of ether oxygens (including phenoxy) is 1. The second kappa shape index (κ2) is 6.35. The molecular formula is C11H18BrN3O. The molecule has 2 heterocycles. The zero-order chi connectivity index (χ0) is 11.2. The van der Waals surface area contributed by atoms with Crippen molar-refractivity contribution >= 4 is 15.9 Å². The van der Waals surface area contributed by atoms with Crippen LogP contribution in [0, 0.1) is 0 Å². The van der Waals surface area contributed by atoms with Crippen molar-refractivity contribution in [3.63, 3.8) is 0 Å². The molecule has 1 fully saturated rings. The van der Waals surface area contributed by atoms with Crippen molar-refractivity contribution in [2.24, 2.45) is 0 Å². The van der Waals surface area contributed by atoms with Crippen molar-refractivity contribution < 1.29 is 4.74 Å². The lowest BCUT2D eigenvalue weighted by molar-refractivity contribution is 0.101. The fraction of sp³-hybridized carbons (Fsp3) is 0.818. The normalized spacial score (nSPS) is 20.4. The highest BCUT2D eigenvalue weighted by Crippen LogP contribution is 2.16. The van der Waals surface area contributed by atoms with Gasteiger partial charge in [-0.1, -0.05) is 21.1 Å². The van der Waals surface area contributed by atoms with Crippen LogP contribution >= 0.6 is 15.9 Å². The molecule has 0 aromatic carbocycles. The molecule has 1 saturated heterocycles. The Hall–Kier alpha value is -0.420. The number of nitrogens with zero attached hydrogens (tertiary/aromatic N) is 3. The number of hydrogen-bond acceptors (Lipinski definition) is 3. The molecular weight excluding hydrogens is 270 g/mol. The van der Waals surface area contributed by atoms with E-state index in [0.717, 1.165) is 43.4 Å². The van der Waals surface area contributed by atoms with E-state index in [0.29, 0.717) is 6.10 Å². The van der Waals surface area contributed by atoms with Crippen molar-refractivity contribution in [1.29, 1.82) is 0 Å². The monoisotopic (exact) mass is 287 g/mol. The summed E-state index contributed by atoms with van der Waals surface area (Å²) in [5.74, 6) is 0. The van der Waals surface area contributed by atoms with Gasteiger partial charge in [0, 0.05) is 31.1 Å². The van der Waals surface area contributed by atoms with Crippen LogP contribution in [0.25, 0.3) is 0 Å². The van der Waals surface area contributed by atoms with E-state index in [4.69, 9.17) is 4.74 Å². The van der Waals surface area contributed by atoms with Crippen LogP contribution < -0.4 is 0 Å². The van der Waals surface area contributed by atoms with Gasteiger partial charge in [0.15, 0.2) is 0 Å². The van der Waals surface area contributed by atoms with Gasteiger partial charge in [0.2, 0.25) is 0 Å². The fourth-order valence-corrected chi connectivity index (χ4v) is 2.42. The van der Waals surface area contributed by atoms with E-state index >= 15 is 0 Å². The molecule has 0 aliphatic carbocycles. The van der Waals surface area contributed by atoms with E-state index in [9.17, 15) is 0 Å². The van der Waals surface area contributed by atoms with Crippen LogP contribution in [0.1, 0.15) is 31.4 Å². The summed E-state index contributed by atoms with van der Waals surface area (Å²) in [6, 6.07) is 0. The third-order valence-corrected chi connectivity index (χ3v) is 3.27. The fourth-order valence-electron chi connectivity index (χ4n) is 2.01. The van der Waals surface area contributed by atoms with Crippen LogP contribution in [-0.4, -0.2) is 33.0 Å². The maximum absolute atomic E-state index is 5.58. The SMILES string of the molecule is BrCCc1cn(CCCC2CCCO2)nn1. The zero-order valence-corrected chi connectivity index (χ0v) is 11.0. The lowest BCUT2D eigenvalue weighted by Crippen LogP contribution is -2.07. The average Bonchev–Trinajstić information content (AvgIpc) is 2.90. The van der Waals surface area contributed by atoms with E-state index in [1.54, 1.807) is 0 Å². The first-order chi connectivity index (χ1) is 7.88. The summed E-state index contributed by atoms with van der Waals surface area (Å²) in [4.78, 5) is 0. The molecule has 0 saturated carbocycles. The molecule has 0 radical (unpaired) electrons. The van der Waals surface area contributed by atoms with Crippen molar-refractivity contribution in [2.75, 3.05) is 11.9 Å². The smallest absolute Gasteiger partial charge is 0.0835 e. The van der Waals surface area contributed by atoms with Crippen molar-refractivity contribution in [2.45, 2.75) is 44.8 Å². The summed E-state index contributed by atoms with van der Waals surface area (Å²) in [7, 11) is 0. The topological polar surface area (TPSA) is 39.9 Å². The predicted molar refractivity (Wildman–Crippen MR) is 65.7 cm³/mol. The van der Waals surface area contributed by atoms with E-state index in [-0.39, 0.29) is 0 Å². The van der Waals surface area contributed by atoms with Gasteiger partial charge in [-0.2, -0.15) is 0 Å². The number of alkyl halides is 1. The van der Waals surface area contributed by atoms with Crippen LogP contribution in [0.2, 0.25) is 0 Å². The highest BCUT2D eigenvalue weighted by atomic mass is 79.9. The van der Waals surface area contributed by atoms with Crippen molar-refractivity contribution in [3.8, 4) is 0 Å². The van der Waals surface area contributed by atoms with E-state index in [1.165, 1.54) is 12.8 Å². The maximum Gasteiger partial charge on any atom is 0.0835 e. The second-order valence-corrected chi connectivity index (χ2v) is 4.98. The van der Waals surface area contributed by atoms with Gasteiger partial charge in [0.25, 0.3) is 0 Å². The molecule has 0 N–H and O–H groups in total. The Morgan fingerprint density at radius 3 is 3.25 bits per heavy atom. The maximum atomic E-state index is 5.58. The lowest BCUT2D eigenvalue weighted by atomic mass is 10.1. The molecule has 1 aliphatic heterocycles. The number of aromatic nitrogens is 3. The predicted octanol–water partition coefficient (Wildman–Crippen LogP) is 2.17. The average molecular weight is 288 g/mol. The van der Waals surface area contributed by atoms with Crippen LogP contribution in [0.15, 0.2) is 6.20 Å². The summed E-state index contributed by atoms with van der Waals surface area (Å²) < 4.78 is 7.52. The van der Waals surface area contributed by atoms with Gasteiger partial charge < -0.3 is 4.74 Å². The first kappa shape index (κ1) is 12.0. The van der Waals surface area contributed by atoms with Crippen molar-refractivity contribution in [1.82, 2.24) is 15.0 Å². The first-order valence-corrected chi connectivity index (χ1v) is 7.07. The summed E-state index contributed by atoms with van der Waals surface area (Å²) >= 11 is 3.40. The van der Waals surface area contributed by atoms with E-state index in [2.05, 4.69) is 26.2 Å². The Morgan fingerprint density at radius 1 is 1.56 bits per heavy atom. The molecule has 0 amide bonds. The molecule has 1 aliphatic rings. The number of hydrogen-bond donors (Lipinski definition) is 0. The minimum absolute atomic E-state index is 0.491. The number of halogens is 1. The van der Waals surface area contributed by atoms with Gasteiger partial charge in [-0.05, 0) is 25.7 Å². The van der Waals surface area contributed by atoms with Gasteiger partial charge in [-0.3, -0.25) is 4.68 Å². The number of rotatable bonds is 6. The van der Waals surface area contributed by atoms with E-state index < -0.39 is 0 Å². The Bertz CT molecular complexity index is 310. The van der Waals surface area contributed by atoms with Gasteiger partial charge >= 0.3 is 0 Å². The summed E-state index contributed by atoms with van der Waals surface area (Å²) in [6.45, 7) is 1.90. The molecule has 2 rings (SSSR count). The van der Waals surface area contributed by atoms with E-state index in [1.807, 2.05) is 10.9 Å². The summed E-state index contributed by atoms with van der Waals surface area (Å²) in [5, 5.41) is 9.16. The molecule has 4 nitrogen and oxygen atoms in total. The molecule has 1 aromatic heterocycles. The largest absolute Gasteiger partial charge is 0.378 e. The third-order valence-electron chi connectivity index (χ3n) is 2.87. The molecule has 5 heteroatoms. The molecule has 1 atom stereocenters. The Kier molecular flexibility index (Phi) is 4.78. The Labute approximate surface area is 104 Å². The molecule has 1 aromatic rings. The summed E-state index contributed by atoms with van der Waals surface area (Å²) in [5.41, 5.74) is 1.06. The standard InChI is InChI=1S/C11H18BrN3O/c12-6-5-10-9-15(14-13-10)7-1-3-11-4-2-8-16-11/h9,11H,1-8H2. The number of aryl methyl sites for hydroxylation is 2. The second-order valence-electron chi connectivity index (χ2n) is 4.19. The molecule has 0 spiro atoms. The van der Waals surface area contributed by atoms with Crippen LogP contribution in [-0.2, 0) is 17.7 Å². The molecule has 0 bridgehead atoms. The van der Waals surface area contributed by atoms with Crippen LogP contribution in [0.5, 0.6) is 0 Å². The Morgan fingerprint density at radius 2 is 2.50 bits per heavy atom. The first-order valence-electron chi connectivity index (χ1n) is 5.95. The third kappa shape index (κ3) is 3.56. The minimum atomic E-state index is 0.491. The highest BCUT2D eigenvalue weighted by molar-refractivity contribution is 9.09. The molecule has 90 valence electrons. The van der Waals surface area contributed by atoms with Crippen LogP contribution in [0.3, 0.4) is 0 Å². The zero-order valence-electron chi connectivity index (χ0n) is 9.44. The van der Waals surface area contributed by atoms with Gasteiger partial charge in [0.1, 0.15) is 0 Å².